The molecule has 0 aromatic heterocycles. The van der Waals surface area contributed by atoms with E-state index < -0.39 is 19.8 Å². The lowest BCUT2D eigenvalue weighted by atomic mass is 10.1. The van der Waals surface area contributed by atoms with Crippen LogP contribution in [0.2, 0.25) is 0 Å². The molecular weight excluding hydrogens is 437 g/mol. The zero-order chi connectivity index (χ0) is 25.5. The number of hydrogen-bond acceptors (Lipinski definition) is 3. The maximum absolute atomic E-state index is 10.1. The summed E-state index contributed by atoms with van der Waals surface area (Å²) in [5, 5.41) is 10.1. The molecule has 3 atom stereocenters. The first-order valence-corrected chi connectivity index (χ1v) is 13.3. The van der Waals surface area contributed by atoms with Crippen LogP contribution in [0.3, 0.4) is 0 Å². The van der Waals surface area contributed by atoms with Crippen molar-refractivity contribution in [2.45, 2.75) is 155 Å². The van der Waals surface area contributed by atoms with Crippen molar-refractivity contribution in [2.75, 3.05) is 0 Å². The molecule has 0 aromatic rings. The van der Waals surface area contributed by atoms with Crippen molar-refractivity contribution in [3.05, 3.63) is 0 Å². The first-order valence-electron chi connectivity index (χ1n) is 13.3. The Labute approximate surface area is 200 Å². The zero-order valence-corrected chi connectivity index (χ0v) is 21.7. The molecule has 0 heterocycles. The third-order valence-electron chi connectivity index (χ3n) is 5.64. The Hall–Kier alpha value is -0.375. The van der Waals surface area contributed by atoms with Crippen molar-refractivity contribution < 1.29 is 37.6 Å². The Morgan fingerprint density at radius 2 is 0.939 bits per heavy atom. The highest BCUT2D eigenvalue weighted by molar-refractivity contribution is 6.50. The second-order valence-corrected chi connectivity index (χ2v) is 8.88. The van der Waals surface area contributed by atoms with E-state index in [1.807, 2.05) is 0 Å². The number of quaternary nitrogens is 1. The summed E-state index contributed by atoms with van der Waals surface area (Å²) in [6.45, 7) is 8.81. The second-order valence-electron chi connectivity index (χ2n) is 8.88. The second kappa shape index (κ2) is 23.4. The summed E-state index contributed by atoms with van der Waals surface area (Å²) in [7, 11) is -6.00. The highest BCUT2D eigenvalue weighted by atomic mass is 19.5. The lowest BCUT2D eigenvalue weighted by Crippen LogP contribution is -2.68. The molecule has 0 rings (SSSR count). The normalized spacial score (nSPS) is 15.5. The molecule has 0 saturated heterocycles. The lowest BCUT2D eigenvalue weighted by Gasteiger charge is -2.28. The summed E-state index contributed by atoms with van der Waals surface area (Å²) in [4.78, 5) is 0. The Morgan fingerprint density at radius 3 is 1.21 bits per heavy atom. The fourth-order valence-corrected chi connectivity index (χ4v) is 3.63. The molecule has 0 spiro atoms. The SMILES string of the molecule is CCCCCCCCC(CC)OC(OC(CC)CCCCCCCC)C([NH3+])O.F[B-](F)(F)F. The Morgan fingerprint density at radius 1 is 0.636 bits per heavy atom. The zero-order valence-electron chi connectivity index (χ0n) is 21.7. The van der Waals surface area contributed by atoms with Gasteiger partial charge in [-0.15, -0.1) is 0 Å². The average molecular weight is 489 g/mol. The topological polar surface area (TPSA) is 66.3 Å². The van der Waals surface area contributed by atoms with Crippen LogP contribution in [0.5, 0.6) is 0 Å². The minimum absolute atomic E-state index is 0.152. The first kappa shape index (κ1) is 34.8. The third-order valence-corrected chi connectivity index (χ3v) is 5.64. The molecule has 33 heavy (non-hydrogen) atoms. The van der Waals surface area contributed by atoms with E-state index in [2.05, 4.69) is 33.4 Å². The van der Waals surface area contributed by atoms with Crippen molar-refractivity contribution in [2.24, 2.45) is 0 Å². The van der Waals surface area contributed by atoms with E-state index >= 15 is 0 Å². The number of hydrogen-bond donors (Lipinski definition) is 2. The van der Waals surface area contributed by atoms with Gasteiger partial charge >= 0.3 is 7.25 Å². The molecule has 0 radical (unpaired) electrons. The summed E-state index contributed by atoms with van der Waals surface area (Å²) < 4.78 is 51.3. The predicted octanol–water partition coefficient (Wildman–Crippen LogP) is 7.26. The van der Waals surface area contributed by atoms with Crippen molar-refractivity contribution in [3.8, 4) is 0 Å². The first-order chi connectivity index (χ1) is 15.6. The van der Waals surface area contributed by atoms with Crippen LogP contribution < -0.4 is 5.73 Å². The van der Waals surface area contributed by atoms with Gasteiger partial charge in [0.05, 0.1) is 12.2 Å². The smallest absolute Gasteiger partial charge is 0.418 e. The van der Waals surface area contributed by atoms with E-state index in [9.17, 15) is 22.4 Å². The highest BCUT2D eigenvalue weighted by Crippen LogP contribution is 2.19. The molecule has 0 bridgehead atoms. The maximum atomic E-state index is 10.1. The summed E-state index contributed by atoms with van der Waals surface area (Å²) in [5.74, 6) is 0. The molecular formula is C24H52BF4NO3. The Balaban J connectivity index is 0. The molecule has 9 heteroatoms. The van der Waals surface area contributed by atoms with E-state index in [-0.39, 0.29) is 12.2 Å². The standard InChI is InChI=1S/C24H51NO3.BF4/c1-5-9-11-13-15-17-19-21(7-3)27-24(23(25)26)28-22(8-4)20-18-16-14-12-10-6-2;2-1(3,4)5/h21-24,26H,5-20,25H2,1-4H3;/q;-1/p+1. The minimum Gasteiger partial charge on any atom is -0.418 e. The van der Waals surface area contributed by atoms with Crippen LogP contribution in [-0.4, -0.2) is 37.1 Å². The molecule has 4 N–H and O–H groups in total. The van der Waals surface area contributed by atoms with E-state index in [1.165, 1.54) is 77.0 Å². The van der Waals surface area contributed by atoms with Gasteiger partial charge in [-0.05, 0) is 25.7 Å². The molecule has 0 fully saturated rings. The van der Waals surface area contributed by atoms with Gasteiger partial charge in [0.2, 0.25) is 12.5 Å². The number of rotatable bonds is 21. The van der Waals surface area contributed by atoms with Crippen LogP contribution in [-0.2, 0) is 9.47 Å². The lowest BCUT2D eigenvalue weighted by molar-refractivity contribution is -0.526. The van der Waals surface area contributed by atoms with Crippen LogP contribution in [0.25, 0.3) is 0 Å². The van der Waals surface area contributed by atoms with Gasteiger partial charge in [-0.2, -0.15) is 0 Å². The summed E-state index contributed by atoms with van der Waals surface area (Å²) in [6, 6.07) is 0. The molecule has 0 aliphatic heterocycles. The van der Waals surface area contributed by atoms with Gasteiger partial charge in [-0.25, -0.2) is 0 Å². The van der Waals surface area contributed by atoms with Gasteiger partial charge in [0.1, 0.15) is 0 Å². The fourth-order valence-electron chi connectivity index (χ4n) is 3.63. The molecule has 3 unspecified atom stereocenters. The number of unbranched alkanes of at least 4 members (excludes halogenated alkanes) is 10. The van der Waals surface area contributed by atoms with Crippen LogP contribution in [0.4, 0.5) is 17.3 Å². The van der Waals surface area contributed by atoms with Gasteiger partial charge in [-0.3, -0.25) is 0 Å². The van der Waals surface area contributed by atoms with Gasteiger partial charge < -0.3 is 37.6 Å². The van der Waals surface area contributed by atoms with Crippen molar-refractivity contribution in [1.82, 2.24) is 0 Å². The largest absolute Gasteiger partial charge is 0.673 e. The summed E-state index contributed by atoms with van der Waals surface area (Å²) in [5.41, 5.74) is 3.78. The van der Waals surface area contributed by atoms with Gasteiger partial charge in [0.25, 0.3) is 0 Å². The van der Waals surface area contributed by atoms with E-state index in [1.54, 1.807) is 0 Å². The predicted molar refractivity (Wildman–Crippen MR) is 129 cm³/mol. The van der Waals surface area contributed by atoms with Gasteiger partial charge in [0.15, 0.2) is 0 Å². The fraction of sp³-hybridized carbons (Fsp3) is 1.00. The molecule has 0 aromatic carbocycles. The molecule has 202 valence electrons. The van der Waals surface area contributed by atoms with Crippen LogP contribution in [0, 0.1) is 0 Å². The molecule has 0 saturated carbocycles. The number of ether oxygens (including phenoxy) is 2. The van der Waals surface area contributed by atoms with E-state index in [0.29, 0.717) is 0 Å². The minimum atomic E-state index is -6.00. The molecule has 4 nitrogen and oxygen atoms in total. The van der Waals surface area contributed by atoms with Crippen molar-refractivity contribution in [1.29, 1.82) is 0 Å². The number of aliphatic hydroxyl groups is 1. The van der Waals surface area contributed by atoms with Crippen LogP contribution in [0.1, 0.15) is 130 Å². The molecule has 0 aliphatic carbocycles. The van der Waals surface area contributed by atoms with Crippen LogP contribution in [0.15, 0.2) is 0 Å². The quantitative estimate of drug-likeness (QED) is 0.0772. The Kier molecular flexibility index (Phi) is 24.6. The summed E-state index contributed by atoms with van der Waals surface area (Å²) in [6.07, 6.45) is 18.4. The number of halogens is 4. The van der Waals surface area contributed by atoms with E-state index in [4.69, 9.17) is 9.47 Å². The van der Waals surface area contributed by atoms with Gasteiger partial charge in [0, 0.05) is 0 Å². The molecule has 0 amide bonds. The van der Waals surface area contributed by atoms with Crippen molar-refractivity contribution in [3.63, 3.8) is 0 Å². The van der Waals surface area contributed by atoms with E-state index in [0.717, 1.165) is 25.7 Å². The average Bonchev–Trinajstić information content (AvgIpc) is 2.74. The highest BCUT2D eigenvalue weighted by Gasteiger charge is 2.26. The molecule has 0 aliphatic rings. The maximum Gasteiger partial charge on any atom is 0.673 e. The van der Waals surface area contributed by atoms with Crippen LogP contribution >= 0.6 is 0 Å². The summed E-state index contributed by atoms with van der Waals surface area (Å²) >= 11 is 0. The monoisotopic (exact) mass is 489 g/mol. The van der Waals surface area contributed by atoms with Gasteiger partial charge in [-0.1, -0.05) is 105 Å². The third kappa shape index (κ3) is 27.8. The van der Waals surface area contributed by atoms with Crippen molar-refractivity contribution >= 4 is 7.25 Å². The number of aliphatic hydroxyl groups excluding tert-OH is 1. The Bertz CT molecular complexity index is 372.